The van der Waals surface area contributed by atoms with Crippen LogP contribution in [0.15, 0.2) is 23.6 Å². The van der Waals surface area contributed by atoms with Gasteiger partial charge in [-0.3, -0.25) is 9.59 Å². The quantitative estimate of drug-likeness (QED) is 0.687. The van der Waals surface area contributed by atoms with Crippen LogP contribution < -0.4 is 11.1 Å². The van der Waals surface area contributed by atoms with E-state index in [0.29, 0.717) is 22.3 Å². The number of nitrogens with one attached hydrogen (secondary N) is 1. The maximum Gasteiger partial charge on any atom is 0.226 e. The number of nitrogens with zero attached hydrogens (tertiary/aromatic N) is 3. The van der Waals surface area contributed by atoms with Crippen molar-refractivity contribution in [2.24, 2.45) is 12.8 Å². The number of aromatic nitrogens is 3. The van der Waals surface area contributed by atoms with Gasteiger partial charge in [0, 0.05) is 30.3 Å². The Bertz CT molecular complexity index is 949. The number of rotatable bonds is 6. The molecule has 0 atom stereocenters. The van der Waals surface area contributed by atoms with Crippen molar-refractivity contribution in [3.05, 3.63) is 40.1 Å². The second-order valence-corrected chi connectivity index (χ2v) is 6.85. The van der Waals surface area contributed by atoms with Gasteiger partial charge in [-0.1, -0.05) is 11.6 Å². The number of halogens is 1. The predicted octanol–water partition coefficient (Wildman–Crippen LogP) is 2.28. The lowest BCUT2D eigenvalue weighted by molar-refractivity contribution is -0.117. The van der Waals surface area contributed by atoms with Crippen LogP contribution in [-0.4, -0.2) is 26.3 Å². The summed E-state index contributed by atoms with van der Waals surface area (Å²) >= 11 is 7.25. The average Bonchev–Trinajstić information content (AvgIpc) is 3.09. The molecule has 130 valence electrons. The lowest BCUT2D eigenvalue weighted by atomic mass is 10.3. The van der Waals surface area contributed by atoms with E-state index in [9.17, 15) is 9.59 Å². The number of benzene rings is 1. The monoisotopic (exact) mass is 377 g/mol. The molecule has 9 heteroatoms. The van der Waals surface area contributed by atoms with Gasteiger partial charge in [-0.05, 0) is 18.2 Å². The number of carbonyl (C=O) groups excluding carboxylic acids is 2. The van der Waals surface area contributed by atoms with Crippen LogP contribution in [-0.2, 0) is 29.5 Å². The summed E-state index contributed by atoms with van der Waals surface area (Å²) in [6.45, 7) is 0. The Labute approximate surface area is 152 Å². The molecule has 3 rings (SSSR count). The van der Waals surface area contributed by atoms with E-state index in [2.05, 4.69) is 15.3 Å². The number of aryl methyl sites for hydroxylation is 2. The number of hydrogen-bond acceptors (Lipinski definition) is 5. The zero-order chi connectivity index (χ0) is 18.0. The average molecular weight is 378 g/mol. The minimum Gasteiger partial charge on any atom is -0.369 e. The second kappa shape index (κ2) is 7.20. The molecular formula is C16H16ClN5O2S. The van der Waals surface area contributed by atoms with Gasteiger partial charge in [0.1, 0.15) is 5.82 Å². The van der Waals surface area contributed by atoms with Crippen LogP contribution in [0.3, 0.4) is 0 Å². The van der Waals surface area contributed by atoms with Crippen LogP contribution >= 0.6 is 22.9 Å². The smallest absolute Gasteiger partial charge is 0.226 e. The number of fused-ring (bicyclic) bond motifs is 1. The first-order valence-corrected chi connectivity index (χ1v) is 8.81. The minimum absolute atomic E-state index is 0.0643. The van der Waals surface area contributed by atoms with E-state index in [-0.39, 0.29) is 18.7 Å². The highest BCUT2D eigenvalue weighted by Gasteiger charge is 2.12. The molecule has 25 heavy (non-hydrogen) atoms. The molecule has 0 aliphatic carbocycles. The zero-order valence-electron chi connectivity index (χ0n) is 13.5. The van der Waals surface area contributed by atoms with Gasteiger partial charge in [-0.2, -0.15) is 0 Å². The molecule has 2 aromatic heterocycles. The van der Waals surface area contributed by atoms with E-state index in [1.54, 1.807) is 11.4 Å². The summed E-state index contributed by atoms with van der Waals surface area (Å²) in [5, 5.41) is 5.52. The zero-order valence-corrected chi connectivity index (χ0v) is 15.0. The van der Waals surface area contributed by atoms with Gasteiger partial charge < -0.3 is 15.6 Å². The van der Waals surface area contributed by atoms with Crippen LogP contribution in [0.5, 0.6) is 0 Å². The van der Waals surface area contributed by atoms with Crippen molar-refractivity contribution in [1.29, 1.82) is 0 Å². The van der Waals surface area contributed by atoms with Gasteiger partial charge in [-0.25, -0.2) is 9.97 Å². The van der Waals surface area contributed by atoms with Crippen LogP contribution in [0.25, 0.3) is 11.0 Å². The highest BCUT2D eigenvalue weighted by molar-refractivity contribution is 7.13. The van der Waals surface area contributed by atoms with Crippen molar-refractivity contribution in [2.75, 3.05) is 5.32 Å². The van der Waals surface area contributed by atoms with Gasteiger partial charge in [0.2, 0.25) is 11.8 Å². The van der Waals surface area contributed by atoms with Gasteiger partial charge in [0.05, 0.1) is 23.1 Å². The van der Waals surface area contributed by atoms with Gasteiger partial charge in [0.15, 0.2) is 5.13 Å². The molecule has 0 aliphatic heterocycles. The van der Waals surface area contributed by atoms with Crippen molar-refractivity contribution in [3.8, 4) is 0 Å². The molecule has 0 saturated heterocycles. The molecule has 1 aromatic carbocycles. The third kappa shape index (κ3) is 4.15. The SMILES string of the molecule is Cn1c(CCC(=O)Nc2nc(CC(N)=O)cs2)nc2cc(Cl)ccc21. The fourth-order valence-corrected chi connectivity index (χ4v) is 3.37. The number of carbonyl (C=O) groups is 2. The Balaban J connectivity index is 1.61. The van der Waals surface area contributed by atoms with Crippen molar-refractivity contribution in [1.82, 2.24) is 14.5 Å². The first-order chi connectivity index (χ1) is 11.9. The summed E-state index contributed by atoms with van der Waals surface area (Å²) in [5.74, 6) is 0.191. The van der Waals surface area contributed by atoms with Gasteiger partial charge in [-0.15, -0.1) is 11.3 Å². The first kappa shape index (κ1) is 17.4. The number of anilines is 1. The largest absolute Gasteiger partial charge is 0.369 e. The van der Waals surface area contributed by atoms with Crippen LogP contribution in [0, 0.1) is 0 Å². The first-order valence-electron chi connectivity index (χ1n) is 7.56. The Morgan fingerprint density at radius 3 is 2.92 bits per heavy atom. The molecule has 3 N–H and O–H groups in total. The molecule has 2 amide bonds. The number of primary amides is 1. The Kier molecular flexibility index (Phi) is 5.00. The summed E-state index contributed by atoms with van der Waals surface area (Å²) < 4.78 is 1.95. The molecule has 0 bridgehead atoms. The third-order valence-electron chi connectivity index (χ3n) is 3.66. The van der Waals surface area contributed by atoms with Crippen LogP contribution in [0.2, 0.25) is 5.02 Å². The van der Waals surface area contributed by atoms with E-state index in [0.717, 1.165) is 16.9 Å². The molecular weight excluding hydrogens is 362 g/mol. The molecule has 0 aliphatic rings. The van der Waals surface area contributed by atoms with E-state index in [4.69, 9.17) is 17.3 Å². The Hall–Kier alpha value is -2.45. The summed E-state index contributed by atoms with van der Waals surface area (Å²) in [6.07, 6.45) is 0.832. The fraction of sp³-hybridized carbons (Fsp3) is 0.250. The number of thiazole rings is 1. The highest BCUT2D eigenvalue weighted by Crippen LogP contribution is 2.20. The minimum atomic E-state index is -0.454. The van der Waals surface area contributed by atoms with Crippen molar-refractivity contribution < 1.29 is 9.59 Å². The molecule has 0 saturated carbocycles. The molecule has 0 unspecified atom stereocenters. The highest BCUT2D eigenvalue weighted by atomic mass is 35.5. The number of hydrogen-bond donors (Lipinski definition) is 2. The van der Waals surface area contributed by atoms with Gasteiger partial charge in [0.25, 0.3) is 0 Å². The number of imidazole rings is 1. The Morgan fingerprint density at radius 2 is 2.16 bits per heavy atom. The maximum atomic E-state index is 12.1. The Morgan fingerprint density at radius 1 is 1.36 bits per heavy atom. The van der Waals surface area contributed by atoms with Crippen molar-refractivity contribution in [3.63, 3.8) is 0 Å². The molecule has 0 radical (unpaired) electrons. The van der Waals surface area contributed by atoms with E-state index < -0.39 is 5.91 Å². The lowest BCUT2D eigenvalue weighted by Crippen LogP contribution is -2.15. The molecule has 2 heterocycles. The third-order valence-corrected chi connectivity index (χ3v) is 4.71. The predicted molar refractivity (Wildman–Crippen MR) is 97.7 cm³/mol. The topological polar surface area (TPSA) is 103 Å². The van der Waals surface area contributed by atoms with E-state index in [1.165, 1.54) is 11.3 Å². The van der Waals surface area contributed by atoms with Crippen molar-refractivity contribution >= 4 is 50.9 Å². The second-order valence-electron chi connectivity index (χ2n) is 5.56. The summed E-state index contributed by atoms with van der Waals surface area (Å²) in [4.78, 5) is 31.7. The summed E-state index contributed by atoms with van der Waals surface area (Å²) in [7, 11) is 1.91. The van der Waals surface area contributed by atoms with Gasteiger partial charge >= 0.3 is 0 Å². The fourth-order valence-electron chi connectivity index (χ4n) is 2.48. The standard InChI is InChI=1S/C16H16ClN5O2S/c1-22-12-3-2-9(17)6-11(12)20-14(22)4-5-15(24)21-16-19-10(8-25-16)7-13(18)23/h2-3,6,8H,4-5,7H2,1H3,(H2,18,23)(H,19,21,24). The maximum absolute atomic E-state index is 12.1. The molecule has 0 spiro atoms. The molecule has 7 nitrogen and oxygen atoms in total. The van der Waals surface area contributed by atoms with Crippen LogP contribution in [0.4, 0.5) is 5.13 Å². The molecule has 3 aromatic rings. The summed E-state index contributed by atoms with van der Waals surface area (Å²) in [5.41, 5.74) is 7.45. The van der Waals surface area contributed by atoms with E-state index in [1.807, 2.05) is 23.7 Å². The lowest BCUT2D eigenvalue weighted by Gasteiger charge is -2.03. The molecule has 0 fully saturated rings. The van der Waals surface area contributed by atoms with Crippen LogP contribution in [0.1, 0.15) is 17.9 Å². The van der Waals surface area contributed by atoms with E-state index >= 15 is 0 Å². The number of nitrogens with two attached hydrogens (primary N) is 1. The normalized spacial score (nSPS) is 11.0. The summed E-state index contributed by atoms with van der Waals surface area (Å²) in [6, 6.07) is 5.52. The number of amides is 2. The van der Waals surface area contributed by atoms with Crippen molar-refractivity contribution in [2.45, 2.75) is 19.3 Å².